The molecule has 2 aromatic rings. The second kappa shape index (κ2) is 5.97. The van der Waals surface area contributed by atoms with Crippen LogP contribution in [0.15, 0.2) is 53.0 Å². The van der Waals surface area contributed by atoms with Crippen molar-refractivity contribution < 1.29 is 4.39 Å². The number of allylic oxidation sites excluding steroid dienone is 2. The van der Waals surface area contributed by atoms with Gasteiger partial charge in [-0.3, -0.25) is 9.58 Å². The second-order valence-electron chi connectivity index (χ2n) is 6.61. The third-order valence-electron chi connectivity index (χ3n) is 4.99. The van der Waals surface area contributed by atoms with Crippen LogP contribution in [0.1, 0.15) is 19.0 Å². The zero-order valence-corrected chi connectivity index (χ0v) is 15.1. The monoisotopic (exact) mass is 387 g/mol. The van der Waals surface area contributed by atoms with Crippen LogP contribution in [0, 0.1) is 5.82 Å². The molecular weight excluding hydrogens is 369 g/mol. The largest absolute Gasteiger partial charge is 0.286 e. The summed E-state index contributed by atoms with van der Waals surface area (Å²) < 4.78 is 16.3. The van der Waals surface area contributed by atoms with E-state index in [0.717, 1.165) is 41.8 Å². The zero-order valence-electron chi connectivity index (χ0n) is 13.5. The highest BCUT2D eigenvalue weighted by molar-refractivity contribution is 9.10. The molecule has 0 N–H and O–H groups in total. The van der Waals surface area contributed by atoms with E-state index >= 15 is 0 Å². The molecule has 4 rings (SSSR count). The molecule has 1 atom stereocenters. The first-order chi connectivity index (χ1) is 11.6. The van der Waals surface area contributed by atoms with Crippen LogP contribution in [0.2, 0.25) is 0 Å². The molecule has 0 bridgehead atoms. The minimum absolute atomic E-state index is 0.0553. The van der Waals surface area contributed by atoms with Gasteiger partial charge in [-0.2, -0.15) is 5.10 Å². The molecule has 3 nitrogen and oxygen atoms in total. The van der Waals surface area contributed by atoms with E-state index in [1.54, 1.807) is 12.1 Å². The van der Waals surface area contributed by atoms with Crippen molar-refractivity contribution in [2.24, 2.45) is 0 Å². The molecule has 2 heterocycles. The Labute approximate surface area is 149 Å². The summed E-state index contributed by atoms with van der Waals surface area (Å²) in [5.41, 5.74) is 3.06. The SMILES string of the molecule is CC1(N2CCn3nc(-c4ccc(F)cc4)c(Br)c3C2)C=CC=CC1. The molecule has 1 aliphatic heterocycles. The normalized spacial score (nSPS) is 23.5. The quantitative estimate of drug-likeness (QED) is 0.753. The van der Waals surface area contributed by atoms with Gasteiger partial charge in [0.2, 0.25) is 0 Å². The van der Waals surface area contributed by atoms with E-state index in [-0.39, 0.29) is 11.4 Å². The van der Waals surface area contributed by atoms with E-state index < -0.39 is 0 Å². The van der Waals surface area contributed by atoms with Gasteiger partial charge >= 0.3 is 0 Å². The number of halogens is 2. The molecule has 24 heavy (non-hydrogen) atoms. The summed E-state index contributed by atoms with van der Waals surface area (Å²) in [7, 11) is 0. The first-order valence-corrected chi connectivity index (χ1v) is 8.97. The van der Waals surface area contributed by atoms with Crippen LogP contribution in [0.4, 0.5) is 4.39 Å². The van der Waals surface area contributed by atoms with Gasteiger partial charge in [0.25, 0.3) is 0 Å². The first kappa shape index (κ1) is 15.8. The lowest BCUT2D eigenvalue weighted by Crippen LogP contribution is -2.48. The van der Waals surface area contributed by atoms with Crippen LogP contribution in [-0.4, -0.2) is 26.8 Å². The van der Waals surface area contributed by atoms with Gasteiger partial charge in [-0.1, -0.05) is 24.3 Å². The second-order valence-corrected chi connectivity index (χ2v) is 7.40. The molecule has 1 aromatic heterocycles. The summed E-state index contributed by atoms with van der Waals surface area (Å²) in [6.07, 6.45) is 9.78. The van der Waals surface area contributed by atoms with E-state index in [2.05, 4.69) is 56.7 Å². The van der Waals surface area contributed by atoms with Crippen LogP contribution in [0.25, 0.3) is 11.3 Å². The highest BCUT2D eigenvalue weighted by atomic mass is 79.9. The van der Waals surface area contributed by atoms with Crippen molar-refractivity contribution in [2.75, 3.05) is 6.54 Å². The van der Waals surface area contributed by atoms with Crippen LogP contribution in [-0.2, 0) is 13.1 Å². The minimum atomic E-state index is -0.227. The molecule has 0 amide bonds. The minimum Gasteiger partial charge on any atom is -0.286 e. The number of hydrogen-bond donors (Lipinski definition) is 0. The van der Waals surface area contributed by atoms with Crippen LogP contribution < -0.4 is 0 Å². The third-order valence-corrected chi connectivity index (χ3v) is 5.82. The molecule has 2 aliphatic rings. The number of aromatic nitrogens is 2. The van der Waals surface area contributed by atoms with Crippen molar-refractivity contribution >= 4 is 15.9 Å². The average molecular weight is 388 g/mol. The fourth-order valence-corrected chi connectivity index (χ4v) is 4.10. The lowest BCUT2D eigenvalue weighted by Gasteiger charge is -2.42. The molecule has 1 aliphatic carbocycles. The van der Waals surface area contributed by atoms with Gasteiger partial charge in [-0.05, 0) is 53.5 Å². The van der Waals surface area contributed by atoms with Gasteiger partial charge in [-0.25, -0.2) is 4.39 Å². The summed E-state index contributed by atoms with van der Waals surface area (Å²) in [5, 5.41) is 4.74. The topological polar surface area (TPSA) is 21.1 Å². The van der Waals surface area contributed by atoms with E-state index in [1.165, 1.54) is 17.8 Å². The van der Waals surface area contributed by atoms with Gasteiger partial charge in [0.1, 0.15) is 11.5 Å². The highest BCUT2D eigenvalue weighted by Gasteiger charge is 2.33. The number of benzene rings is 1. The smallest absolute Gasteiger partial charge is 0.123 e. The van der Waals surface area contributed by atoms with Crippen molar-refractivity contribution in [1.82, 2.24) is 14.7 Å². The molecule has 124 valence electrons. The Bertz CT molecular complexity index is 822. The molecule has 0 fully saturated rings. The van der Waals surface area contributed by atoms with Gasteiger partial charge in [0.15, 0.2) is 0 Å². The Hall–Kier alpha value is -1.72. The zero-order chi connectivity index (χ0) is 16.7. The summed E-state index contributed by atoms with van der Waals surface area (Å²) in [4.78, 5) is 2.50. The lowest BCUT2D eigenvalue weighted by atomic mass is 9.90. The predicted molar refractivity (Wildman–Crippen MR) is 97.0 cm³/mol. The van der Waals surface area contributed by atoms with Crippen LogP contribution >= 0.6 is 15.9 Å². The lowest BCUT2D eigenvalue weighted by molar-refractivity contribution is 0.107. The van der Waals surface area contributed by atoms with E-state index in [1.807, 2.05) is 0 Å². The molecule has 1 aromatic carbocycles. The highest BCUT2D eigenvalue weighted by Crippen LogP contribution is 2.36. The predicted octanol–water partition coefficient (Wildman–Crippen LogP) is 4.54. The van der Waals surface area contributed by atoms with Crippen molar-refractivity contribution in [3.63, 3.8) is 0 Å². The fraction of sp³-hybridized carbons (Fsp3) is 0.316. The van der Waals surface area contributed by atoms with Gasteiger partial charge < -0.3 is 0 Å². The maximum absolute atomic E-state index is 13.2. The molecule has 0 saturated heterocycles. The van der Waals surface area contributed by atoms with Crippen LogP contribution in [0.5, 0.6) is 0 Å². The van der Waals surface area contributed by atoms with Gasteiger partial charge in [0.05, 0.1) is 16.7 Å². The molecule has 1 unspecified atom stereocenters. The molecule has 5 heteroatoms. The van der Waals surface area contributed by atoms with E-state index in [4.69, 9.17) is 5.10 Å². The van der Waals surface area contributed by atoms with E-state index in [9.17, 15) is 4.39 Å². The van der Waals surface area contributed by atoms with E-state index in [0.29, 0.717) is 0 Å². The molecule has 0 spiro atoms. The van der Waals surface area contributed by atoms with Crippen molar-refractivity contribution in [3.05, 3.63) is 64.6 Å². The fourth-order valence-electron chi connectivity index (χ4n) is 3.47. The molecule has 0 saturated carbocycles. The summed E-state index contributed by atoms with van der Waals surface area (Å²) in [6.45, 7) is 4.97. The number of nitrogens with zero attached hydrogens (tertiary/aromatic N) is 3. The van der Waals surface area contributed by atoms with Crippen molar-refractivity contribution in [3.8, 4) is 11.3 Å². The average Bonchev–Trinajstić information content (AvgIpc) is 2.93. The first-order valence-electron chi connectivity index (χ1n) is 8.17. The van der Waals surface area contributed by atoms with Gasteiger partial charge in [-0.15, -0.1) is 0 Å². The summed E-state index contributed by atoms with van der Waals surface area (Å²) >= 11 is 3.73. The number of hydrogen-bond acceptors (Lipinski definition) is 2. The summed E-state index contributed by atoms with van der Waals surface area (Å²) in [5.74, 6) is -0.227. The number of fused-ring (bicyclic) bond motifs is 1. The van der Waals surface area contributed by atoms with Crippen molar-refractivity contribution in [2.45, 2.75) is 32.0 Å². The van der Waals surface area contributed by atoms with Crippen molar-refractivity contribution in [1.29, 1.82) is 0 Å². The Morgan fingerprint density at radius 2 is 1.96 bits per heavy atom. The van der Waals surface area contributed by atoms with Gasteiger partial charge in [0, 0.05) is 24.2 Å². The maximum Gasteiger partial charge on any atom is 0.123 e. The Kier molecular flexibility index (Phi) is 3.93. The Morgan fingerprint density at radius 1 is 1.17 bits per heavy atom. The molecular formula is C19H19BrFN3. The maximum atomic E-state index is 13.2. The third kappa shape index (κ3) is 2.66. The molecule has 0 radical (unpaired) electrons. The standard InChI is InChI=1S/C19H19BrFN3/c1-19(9-3-2-4-10-19)23-11-12-24-16(13-23)17(20)18(22-24)14-5-7-15(21)8-6-14/h2-9H,10-13H2,1H3. The number of rotatable bonds is 2. The summed E-state index contributed by atoms with van der Waals surface area (Å²) in [6, 6.07) is 6.52. The Balaban J connectivity index is 1.66. The Morgan fingerprint density at radius 3 is 2.67 bits per heavy atom. The van der Waals surface area contributed by atoms with Crippen LogP contribution in [0.3, 0.4) is 0 Å².